The first-order valence-electron chi connectivity index (χ1n) is 8.08. The van der Waals surface area contributed by atoms with Crippen molar-refractivity contribution in [2.45, 2.75) is 53.5 Å². The summed E-state index contributed by atoms with van der Waals surface area (Å²) in [5, 5.41) is -6.95. The lowest BCUT2D eigenvalue weighted by Gasteiger charge is -2.33. The van der Waals surface area contributed by atoms with Gasteiger partial charge in [-0.05, 0) is 20.3 Å². The van der Waals surface area contributed by atoms with Crippen LogP contribution in [0.4, 0.5) is 39.0 Å². The molecule has 190 valence electrons. The predicted molar refractivity (Wildman–Crippen MR) is 94.7 cm³/mol. The van der Waals surface area contributed by atoms with Gasteiger partial charge in [0.1, 0.15) is 3.42 Å². The molecule has 0 aromatic rings. The Labute approximate surface area is 189 Å². The Hall–Kier alpha value is -1.05. The lowest BCUT2D eigenvalue weighted by atomic mass is 9.90. The lowest BCUT2D eigenvalue weighted by Crippen LogP contribution is -2.56. The number of carbonyl (C=O) groups excluding carboxylic acids is 2. The SMILES string of the molecule is CCOC(=O)C(CC(C)(I)C(=O)OC)CC(F)(F)C(F)(F)OC(F)(F)C(F)(F)S(=O)(=O)F. The molecule has 0 spiro atoms. The van der Waals surface area contributed by atoms with Gasteiger partial charge in [-0.2, -0.15) is 43.5 Å². The number of hydrogen-bond acceptors (Lipinski definition) is 7. The van der Waals surface area contributed by atoms with Crippen LogP contribution in [0.15, 0.2) is 0 Å². The van der Waals surface area contributed by atoms with E-state index in [9.17, 15) is 57.0 Å². The molecule has 18 heteroatoms. The number of esters is 2. The highest BCUT2D eigenvalue weighted by Crippen LogP contribution is 2.49. The van der Waals surface area contributed by atoms with Crippen LogP contribution in [0.5, 0.6) is 0 Å². The van der Waals surface area contributed by atoms with E-state index in [1.54, 1.807) is 0 Å². The average Bonchev–Trinajstić information content (AvgIpc) is 2.57. The normalized spacial score (nSPS) is 16.8. The zero-order valence-electron chi connectivity index (χ0n) is 16.2. The summed E-state index contributed by atoms with van der Waals surface area (Å²) in [5.41, 5.74) is 0. The van der Waals surface area contributed by atoms with Crippen molar-refractivity contribution in [3.05, 3.63) is 0 Å². The van der Waals surface area contributed by atoms with E-state index in [2.05, 4.69) is 14.2 Å². The number of carbonyl (C=O) groups is 2. The van der Waals surface area contributed by atoms with E-state index in [1.165, 1.54) is 29.5 Å². The van der Waals surface area contributed by atoms with Crippen LogP contribution in [0.1, 0.15) is 26.7 Å². The Bertz CT molecular complexity index is 802. The highest BCUT2D eigenvalue weighted by Gasteiger charge is 2.74. The second kappa shape index (κ2) is 10.1. The van der Waals surface area contributed by atoms with Crippen LogP contribution < -0.4 is 0 Å². The third-order valence-corrected chi connectivity index (χ3v) is 5.42. The molecule has 0 aromatic carbocycles. The minimum absolute atomic E-state index is 0.456. The fourth-order valence-corrected chi connectivity index (χ4v) is 3.20. The Morgan fingerprint density at radius 3 is 1.81 bits per heavy atom. The summed E-state index contributed by atoms with van der Waals surface area (Å²) in [5.74, 6) is -10.8. The molecule has 0 bridgehead atoms. The molecule has 0 amide bonds. The highest BCUT2D eigenvalue weighted by molar-refractivity contribution is 14.1. The molecule has 0 saturated heterocycles. The van der Waals surface area contributed by atoms with E-state index in [0.717, 1.165) is 14.0 Å². The van der Waals surface area contributed by atoms with E-state index in [0.29, 0.717) is 0 Å². The van der Waals surface area contributed by atoms with Gasteiger partial charge in [-0.25, -0.2) is 4.74 Å². The standard InChI is InChI=1S/C14H16F9IO7S/c1-4-30-8(25)7(5-10(2,24)9(26)29-3)6-11(15,16)12(17,18)31-13(19,20)14(21,22)32(23,27)28/h7H,4-6H2,1-3H3. The Morgan fingerprint density at radius 2 is 1.44 bits per heavy atom. The van der Waals surface area contributed by atoms with Crippen LogP contribution in [0.25, 0.3) is 0 Å². The van der Waals surface area contributed by atoms with Gasteiger partial charge in [0.15, 0.2) is 0 Å². The first kappa shape index (κ1) is 30.9. The molecule has 0 rings (SSSR count). The van der Waals surface area contributed by atoms with Crippen molar-refractivity contribution < 1.29 is 71.2 Å². The van der Waals surface area contributed by atoms with Crippen LogP contribution in [-0.4, -0.2) is 60.9 Å². The largest absolute Gasteiger partial charge is 0.468 e. The molecule has 0 radical (unpaired) electrons. The van der Waals surface area contributed by atoms with E-state index in [-0.39, 0.29) is 0 Å². The van der Waals surface area contributed by atoms with Gasteiger partial charge >= 0.3 is 45.6 Å². The Kier molecular flexibility index (Phi) is 9.73. The van der Waals surface area contributed by atoms with Gasteiger partial charge in [0.2, 0.25) is 0 Å². The van der Waals surface area contributed by atoms with Gasteiger partial charge in [-0.15, -0.1) is 0 Å². The van der Waals surface area contributed by atoms with Crippen LogP contribution >= 0.6 is 22.6 Å². The van der Waals surface area contributed by atoms with Gasteiger partial charge in [-0.1, -0.05) is 26.5 Å². The van der Waals surface area contributed by atoms with Crippen molar-refractivity contribution in [3.8, 4) is 0 Å². The lowest BCUT2D eigenvalue weighted by molar-refractivity contribution is -0.457. The fourth-order valence-electron chi connectivity index (χ4n) is 2.12. The minimum atomic E-state index is -7.57. The molecule has 2 unspecified atom stereocenters. The number of rotatable bonds is 12. The van der Waals surface area contributed by atoms with Crippen LogP contribution in [0.3, 0.4) is 0 Å². The predicted octanol–water partition coefficient (Wildman–Crippen LogP) is 4.04. The summed E-state index contributed by atoms with van der Waals surface area (Å²) in [4.78, 5) is 23.6. The number of halogens is 10. The molecule has 0 aliphatic carbocycles. The molecular formula is C14H16F9IO7S. The fraction of sp³-hybridized carbons (Fsp3) is 0.857. The van der Waals surface area contributed by atoms with Crippen molar-refractivity contribution in [3.63, 3.8) is 0 Å². The van der Waals surface area contributed by atoms with E-state index in [1.807, 2.05) is 0 Å². The topological polar surface area (TPSA) is 96.0 Å². The number of ether oxygens (including phenoxy) is 3. The Morgan fingerprint density at radius 1 is 0.969 bits per heavy atom. The number of hydrogen-bond donors (Lipinski definition) is 0. The molecule has 32 heavy (non-hydrogen) atoms. The van der Waals surface area contributed by atoms with Crippen LogP contribution in [0.2, 0.25) is 0 Å². The summed E-state index contributed by atoms with van der Waals surface area (Å²) in [6, 6.07) is 0. The third kappa shape index (κ3) is 6.97. The minimum Gasteiger partial charge on any atom is -0.468 e. The van der Waals surface area contributed by atoms with E-state index in [4.69, 9.17) is 0 Å². The summed E-state index contributed by atoms with van der Waals surface area (Å²) in [6.07, 6.45) is -16.8. The molecule has 0 aliphatic heterocycles. The molecule has 0 aromatic heterocycles. The van der Waals surface area contributed by atoms with E-state index < -0.39 is 74.3 Å². The van der Waals surface area contributed by atoms with Crippen LogP contribution in [0, 0.1) is 5.92 Å². The maximum atomic E-state index is 14.1. The van der Waals surface area contributed by atoms with Crippen LogP contribution in [-0.2, 0) is 34.0 Å². The highest BCUT2D eigenvalue weighted by atomic mass is 127. The van der Waals surface area contributed by atoms with Gasteiger partial charge in [-0.3, -0.25) is 9.59 Å². The summed E-state index contributed by atoms with van der Waals surface area (Å²) in [7, 11) is -6.70. The second-order valence-corrected chi connectivity index (χ2v) is 10.1. The van der Waals surface area contributed by atoms with Gasteiger partial charge < -0.3 is 9.47 Å². The molecule has 2 atom stereocenters. The maximum absolute atomic E-state index is 14.1. The maximum Gasteiger partial charge on any atom is 0.464 e. The zero-order chi connectivity index (χ0) is 26.0. The van der Waals surface area contributed by atoms with E-state index >= 15 is 0 Å². The molecule has 0 saturated carbocycles. The van der Waals surface area contributed by atoms with Crippen molar-refractivity contribution in [1.82, 2.24) is 0 Å². The quantitative estimate of drug-likeness (QED) is 0.106. The van der Waals surface area contributed by atoms with Crippen molar-refractivity contribution in [2.24, 2.45) is 5.92 Å². The van der Waals surface area contributed by atoms with Gasteiger partial charge in [0.25, 0.3) is 0 Å². The second-order valence-electron chi connectivity index (χ2n) is 6.34. The van der Waals surface area contributed by atoms with Crippen molar-refractivity contribution in [1.29, 1.82) is 0 Å². The summed E-state index contributed by atoms with van der Waals surface area (Å²) >= 11 is 1.32. The summed E-state index contributed by atoms with van der Waals surface area (Å²) < 4.78 is 150. The first-order chi connectivity index (χ1) is 14.0. The van der Waals surface area contributed by atoms with Gasteiger partial charge in [0.05, 0.1) is 19.6 Å². The molecule has 7 nitrogen and oxygen atoms in total. The van der Waals surface area contributed by atoms with Crippen molar-refractivity contribution >= 4 is 44.8 Å². The Balaban J connectivity index is 6.03. The number of alkyl halides is 9. The molecule has 0 aliphatic rings. The summed E-state index contributed by atoms with van der Waals surface area (Å²) in [6.45, 7) is 1.77. The average molecular weight is 626 g/mol. The first-order valence-corrected chi connectivity index (χ1v) is 10.5. The molecule has 0 fully saturated rings. The van der Waals surface area contributed by atoms with Gasteiger partial charge in [0, 0.05) is 6.42 Å². The van der Waals surface area contributed by atoms with Crippen molar-refractivity contribution in [2.75, 3.05) is 13.7 Å². The molecule has 0 N–H and O–H groups in total. The number of methoxy groups -OCH3 is 1. The third-order valence-electron chi connectivity index (χ3n) is 3.69. The smallest absolute Gasteiger partial charge is 0.464 e. The zero-order valence-corrected chi connectivity index (χ0v) is 19.2. The molecular weight excluding hydrogens is 610 g/mol. The monoisotopic (exact) mass is 626 g/mol. The molecule has 0 heterocycles.